The number of aliphatic carboxylic acids is 1. The van der Waals surface area contributed by atoms with Crippen LogP contribution in [-0.4, -0.2) is 16.1 Å². The van der Waals surface area contributed by atoms with E-state index in [4.69, 9.17) is 14.8 Å². The molecule has 5 heteroatoms. The lowest BCUT2D eigenvalue weighted by molar-refractivity contribution is -0.136. The van der Waals surface area contributed by atoms with Gasteiger partial charge in [-0.1, -0.05) is 66.7 Å². The second-order valence-corrected chi connectivity index (χ2v) is 9.29. The van der Waals surface area contributed by atoms with Crippen LogP contribution >= 0.6 is 11.3 Å². The SMILES string of the molecule is O=C(O)CCc1ccc(OCc2ccc(CCCCc3nc(-c4ccccc4)cs3)cc2)cc1. The molecule has 0 radical (unpaired) electrons. The van der Waals surface area contributed by atoms with Crippen LogP contribution in [0, 0.1) is 0 Å². The number of aryl methyl sites for hydroxylation is 3. The first-order chi connectivity index (χ1) is 16.7. The molecule has 1 N–H and O–H groups in total. The molecule has 0 unspecified atom stereocenters. The van der Waals surface area contributed by atoms with Gasteiger partial charge < -0.3 is 9.84 Å². The fraction of sp³-hybridized carbons (Fsp3) is 0.241. The van der Waals surface area contributed by atoms with Crippen molar-refractivity contribution in [2.75, 3.05) is 0 Å². The van der Waals surface area contributed by atoms with E-state index >= 15 is 0 Å². The van der Waals surface area contributed by atoms with Crippen LogP contribution in [0.3, 0.4) is 0 Å². The number of thiazole rings is 1. The molecule has 0 fully saturated rings. The van der Waals surface area contributed by atoms with Gasteiger partial charge in [0.15, 0.2) is 0 Å². The van der Waals surface area contributed by atoms with Gasteiger partial charge in [-0.25, -0.2) is 4.98 Å². The minimum atomic E-state index is -0.777. The van der Waals surface area contributed by atoms with Crippen molar-refractivity contribution >= 4 is 17.3 Å². The van der Waals surface area contributed by atoms with Gasteiger partial charge in [0.25, 0.3) is 0 Å². The van der Waals surface area contributed by atoms with E-state index in [1.54, 1.807) is 11.3 Å². The van der Waals surface area contributed by atoms with Crippen LogP contribution in [0.5, 0.6) is 5.75 Å². The van der Waals surface area contributed by atoms with Crippen molar-refractivity contribution in [1.29, 1.82) is 0 Å². The molecule has 4 nitrogen and oxygen atoms in total. The third-order valence-corrected chi connectivity index (χ3v) is 6.62. The van der Waals surface area contributed by atoms with E-state index in [1.165, 1.54) is 16.1 Å². The molecule has 174 valence electrons. The summed E-state index contributed by atoms with van der Waals surface area (Å²) in [6.07, 6.45) is 5.05. The summed E-state index contributed by atoms with van der Waals surface area (Å²) in [5, 5.41) is 12.1. The molecule has 0 saturated carbocycles. The van der Waals surface area contributed by atoms with Crippen molar-refractivity contribution in [3.05, 3.63) is 106 Å². The molecule has 0 saturated heterocycles. The molecule has 0 atom stereocenters. The summed E-state index contributed by atoms with van der Waals surface area (Å²) < 4.78 is 5.87. The second kappa shape index (κ2) is 12.1. The first-order valence-corrected chi connectivity index (χ1v) is 12.5. The van der Waals surface area contributed by atoms with E-state index in [2.05, 4.69) is 53.9 Å². The highest BCUT2D eigenvalue weighted by atomic mass is 32.1. The van der Waals surface area contributed by atoms with Gasteiger partial charge in [-0.05, 0) is 60.9 Å². The van der Waals surface area contributed by atoms with Crippen molar-refractivity contribution in [2.45, 2.75) is 45.1 Å². The summed E-state index contributed by atoms with van der Waals surface area (Å²) in [4.78, 5) is 15.5. The Morgan fingerprint density at radius 2 is 1.44 bits per heavy atom. The molecule has 4 aromatic rings. The van der Waals surface area contributed by atoms with E-state index in [9.17, 15) is 4.79 Å². The molecule has 0 aliphatic rings. The highest BCUT2D eigenvalue weighted by molar-refractivity contribution is 7.09. The third kappa shape index (κ3) is 7.29. The fourth-order valence-electron chi connectivity index (χ4n) is 3.75. The van der Waals surface area contributed by atoms with Gasteiger partial charge >= 0.3 is 5.97 Å². The Morgan fingerprint density at radius 3 is 2.18 bits per heavy atom. The predicted octanol–water partition coefficient (Wildman–Crippen LogP) is 6.97. The molecule has 3 aromatic carbocycles. The molecule has 34 heavy (non-hydrogen) atoms. The second-order valence-electron chi connectivity index (χ2n) is 8.34. The maximum Gasteiger partial charge on any atom is 0.303 e. The normalized spacial score (nSPS) is 10.8. The molecular weight excluding hydrogens is 442 g/mol. The zero-order valence-electron chi connectivity index (χ0n) is 19.2. The minimum absolute atomic E-state index is 0.146. The number of carboxylic acid groups (broad SMARTS) is 1. The number of nitrogens with zero attached hydrogens (tertiary/aromatic N) is 1. The van der Waals surface area contributed by atoms with E-state index < -0.39 is 5.97 Å². The quantitative estimate of drug-likeness (QED) is 0.227. The van der Waals surface area contributed by atoms with Crippen molar-refractivity contribution in [3.8, 4) is 17.0 Å². The van der Waals surface area contributed by atoms with Gasteiger partial charge in [0.1, 0.15) is 12.4 Å². The molecule has 1 heterocycles. The van der Waals surface area contributed by atoms with Crippen LogP contribution in [0.4, 0.5) is 0 Å². The van der Waals surface area contributed by atoms with Crippen LogP contribution in [-0.2, 0) is 30.7 Å². The molecular formula is C29H29NO3S. The lowest BCUT2D eigenvalue weighted by Gasteiger charge is -2.08. The van der Waals surface area contributed by atoms with Crippen molar-refractivity contribution < 1.29 is 14.6 Å². The average molecular weight is 472 g/mol. The Balaban J connectivity index is 1.16. The van der Waals surface area contributed by atoms with Crippen LogP contribution in [0.25, 0.3) is 11.3 Å². The number of hydrogen-bond donors (Lipinski definition) is 1. The molecule has 4 rings (SSSR count). The Bertz CT molecular complexity index is 1170. The van der Waals surface area contributed by atoms with Gasteiger partial charge in [-0.15, -0.1) is 11.3 Å². The molecule has 0 aliphatic heterocycles. The van der Waals surface area contributed by atoms with Gasteiger partial charge in [0.2, 0.25) is 0 Å². The zero-order chi connectivity index (χ0) is 23.6. The smallest absolute Gasteiger partial charge is 0.303 e. The molecule has 0 aliphatic carbocycles. The number of unbranched alkanes of at least 4 members (excludes halogenated alkanes) is 1. The summed E-state index contributed by atoms with van der Waals surface area (Å²) in [6.45, 7) is 0.516. The maximum atomic E-state index is 10.7. The number of carboxylic acids is 1. The van der Waals surface area contributed by atoms with Crippen molar-refractivity contribution in [2.24, 2.45) is 0 Å². The standard InChI is InChI=1S/C29H29NO3S/c31-29(32)19-16-23-14-17-26(18-15-23)33-20-24-12-10-22(11-13-24)6-4-5-9-28-30-27(21-34-28)25-7-2-1-3-8-25/h1-3,7-8,10-15,17-18,21H,4-6,9,16,19-20H2,(H,31,32). The van der Waals surface area contributed by atoms with Gasteiger partial charge in [-0.2, -0.15) is 0 Å². The maximum absolute atomic E-state index is 10.7. The van der Waals surface area contributed by atoms with E-state index in [-0.39, 0.29) is 6.42 Å². The number of ether oxygens (including phenoxy) is 1. The van der Waals surface area contributed by atoms with Gasteiger partial charge in [-0.3, -0.25) is 4.79 Å². The number of hydrogen-bond acceptors (Lipinski definition) is 4. The van der Waals surface area contributed by atoms with Crippen LogP contribution in [0.1, 0.15) is 41.0 Å². The molecule has 0 bridgehead atoms. The van der Waals surface area contributed by atoms with Crippen molar-refractivity contribution in [3.63, 3.8) is 0 Å². The average Bonchev–Trinajstić information content (AvgIpc) is 3.35. The Kier molecular flexibility index (Phi) is 8.47. The first-order valence-electron chi connectivity index (χ1n) is 11.7. The predicted molar refractivity (Wildman–Crippen MR) is 137 cm³/mol. The number of rotatable bonds is 12. The van der Waals surface area contributed by atoms with E-state index in [0.29, 0.717) is 13.0 Å². The van der Waals surface area contributed by atoms with E-state index in [0.717, 1.165) is 48.3 Å². The summed E-state index contributed by atoms with van der Waals surface area (Å²) >= 11 is 1.75. The number of aromatic nitrogens is 1. The summed E-state index contributed by atoms with van der Waals surface area (Å²) in [5.41, 5.74) is 5.74. The Morgan fingerprint density at radius 1 is 0.794 bits per heavy atom. The fourth-order valence-corrected chi connectivity index (χ4v) is 4.59. The topological polar surface area (TPSA) is 59.4 Å². The summed E-state index contributed by atoms with van der Waals surface area (Å²) in [7, 11) is 0. The van der Waals surface area contributed by atoms with Gasteiger partial charge in [0.05, 0.1) is 10.7 Å². The highest BCUT2D eigenvalue weighted by Gasteiger charge is 2.05. The Hall–Kier alpha value is -3.44. The molecule has 1 aromatic heterocycles. The summed E-state index contributed by atoms with van der Waals surface area (Å²) in [5.74, 6) is 0.0153. The highest BCUT2D eigenvalue weighted by Crippen LogP contribution is 2.23. The monoisotopic (exact) mass is 471 g/mol. The Labute approximate surface area is 204 Å². The number of benzene rings is 3. The van der Waals surface area contributed by atoms with Gasteiger partial charge in [0, 0.05) is 17.4 Å². The summed E-state index contributed by atoms with van der Waals surface area (Å²) in [6, 6.07) is 26.6. The first kappa shape index (κ1) is 23.7. The van der Waals surface area contributed by atoms with Crippen LogP contribution in [0.15, 0.2) is 84.2 Å². The third-order valence-electron chi connectivity index (χ3n) is 5.71. The van der Waals surface area contributed by atoms with E-state index in [1.807, 2.05) is 30.3 Å². The van der Waals surface area contributed by atoms with Crippen molar-refractivity contribution in [1.82, 2.24) is 4.98 Å². The zero-order valence-corrected chi connectivity index (χ0v) is 20.0. The minimum Gasteiger partial charge on any atom is -0.489 e. The largest absolute Gasteiger partial charge is 0.489 e. The molecule has 0 spiro atoms. The van der Waals surface area contributed by atoms with Crippen LogP contribution < -0.4 is 4.74 Å². The lowest BCUT2D eigenvalue weighted by atomic mass is 10.1. The molecule has 0 amide bonds. The lowest BCUT2D eigenvalue weighted by Crippen LogP contribution is -1.98. The number of carbonyl (C=O) groups is 1. The van der Waals surface area contributed by atoms with Crippen LogP contribution in [0.2, 0.25) is 0 Å².